The van der Waals surface area contributed by atoms with Gasteiger partial charge in [0.15, 0.2) is 18.1 Å². The molecule has 0 spiro atoms. The zero-order chi connectivity index (χ0) is 26.5. The number of hydrogen-bond donors (Lipinski definition) is 3. The van der Waals surface area contributed by atoms with Crippen molar-refractivity contribution in [1.29, 1.82) is 0 Å². The quantitative estimate of drug-likeness (QED) is 0.221. The second-order valence-corrected chi connectivity index (χ2v) is 8.19. The highest BCUT2D eigenvalue weighted by molar-refractivity contribution is 6.35. The van der Waals surface area contributed by atoms with Crippen LogP contribution >= 0.6 is 0 Å². The van der Waals surface area contributed by atoms with Crippen LogP contribution < -0.4 is 30.3 Å². The summed E-state index contributed by atoms with van der Waals surface area (Å²) in [4.78, 5) is 35.8. The molecule has 11 heteroatoms. The number of rotatable bonds is 12. The van der Waals surface area contributed by atoms with Gasteiger partial charge in [-0.3, -0.25) is 14.4 Å². The molecule has 3 amide bonds. The topological polar surface area (TPSA) is 137 Å². The van der Waals surface area contributed by atoms with Crippen molar-refractivity contribution in [2.75, 3.05) is 40.5 Å². The molecule has 0 radical (unpaired) electrons. The first-order chi connectivity index (χ1) is 18.0. The van der Waals surface area contributed by atoms with E-state index in [4.69, 9.17) is 18.9 Å². The first kappa shape index (κ1) is 27.5. The normalized spacial score (nSPS) is 14.7. The van der Waals surface area contributed by atoms with E-state index in [9.17, 15) is 14.4 Å². The third-order valence-electron chi connectivity index (χ3n) is 5.53. The lowest BCUT2D eigenvalue weighted by Crippen LogP contribution is -2.38. The summed E-state index contributed by atoms with van der Waals surface area (Å²) in [5.41, 5.74) is 3.78. The Kier molecular flexibility index (Phi) is 10.7. The zero-order valence-electron chi connectivity index (χ0n) is 21.0. The molecule has 11 nitrogen and oxygen atoms in total. The van der Waals surface area contributed by atoms with Crippen LogP contribution in [0.5, 0.6) is 17.2 Å². The number of carbonyl (C=O) groups is 3. The smallest absolute Gasteiger partial charge is 0.329 e. The molecule has 0 bridgehead atoms. The van der Waals surface area contributed by atoms with E-state index in [2.05, 4.69) is 21.2 Å². The fraction of sp³-hybridized carbons (Fsp3) is 0.385. The Morgan fingerprint density at radius 3 is 2.51 bits per heavy atom. The van der Waals surface area contributed by atoms with Crippen LogP contribution in [0, 0.1) is 0 Å². The fourth-order valence-corrected chi connectivity index (χ4v) is 3.54. The Bertz CT molecular complexity index is 1080. The van der Waals surface area contributed by atoms with Crippen molar-refractivity contribution in [2.45, 2.75) is 25.4 Å². The minimum Gasteiger partial charge on any atom is -0.493 e. The number of amides is 3. The Balaban J connectivity index is 1.34. The molecule has 1 fully saturated rings. The van der Waals surface area contributed by atoms with Gasteiger partial charge in [0.25, 0.3) is 5.91 Å². The van der Waals surface area contributed by atoms with Crippen LogP contribution in [0.3, 0.4) is 0 Å². The van der Waals surface area contributed by atoms with Crippen LogP contribution in [0.4, 0.5) is 0 Å². The van der Waals surface area contributed by atoms with Crippen molar-refractivity contribution in [3.8, 4) is 17.2 Å². The van der Waals surface area contributed by atoms with Gasteiger partial charge in [-0.25, -0.2) is 5.43 Å². The van der Waals surface area contributed by atoms with Gasteiger partial charge in [0.1, 0.15) is 5.75 Å². The van der Waals surface area contributed by atoms with E-state index in [-0.39, 0.29) is 25.2 Å². The van der Waals surface area contributed by atoms with Crippen molar-refractivity contribution in [2.24, 2.45) is 5.10 Å². The van der Waals surface area contributed by atoms with E-state index in [1.54, 1.807) is 44.6 Å². The van der Waals surface area contributed by atoms with Crippen LogP contribution in [0.25, 0.3) is 0 Å². The number of methoxy groups -OCH3 is 2. The predicted molar refractivity (Wildman–Crippen MR) is 136 cm³/mol. The highest BCUT2D eigenvalue weighted by atomic mass is 16.5. The summed E-state index contributed by atoms with van der Waals surface area (Å²) in [6, 6.07) is 12.2. The molecule has 3 rings (SSSR count). The van der Waals surface area contributed by atoms with Gasteiger partial charge in [-0.2, -0.15) is 5.10 Å². The van der Waals surface area contributed by atoms with Gasteiger partial charge in [0.2, 0.25) is 0 Å². The molecule has 1 aliphatic rings. The van der Waals surface area contributed by atoms with Crippen LogP contribution in [0.2, 0.25) is 0 Å². The Hall–Kier alpha value is -4.12. The molecule has 0 aliphatic carbocycles. The van der Waals surface area contributed by atoms with Gasteiger partial charge in [-0.05, 0) is 66.8 Å². The first-order valence-electron chi connectivity index (χ1n) is 11.9. The highest BCUT2D eigenvalue weighted by Crippen LogP contribution is 2.27. The van der Waals surface area contributed by atoms with Crippen LogP contribution in [-0.4, -0.2) is 70.6 Å². The van der Waals surface area contributed by atoms with Crippen molar-refractivity contribution >= 4 is 23.9 Å². The monoisotopic (exact) mass is 512 g/mol. The molecule has 0 unspecified atom stereocenters. The Morgan fingerprint density at radius 2 is 1.81 bits per heavy atom. The van der Waals surface area contributed by atoms with Gasteiger partial charge in [-0.15, -0.1) is 0 Å². The molecule has 1 atom stereocenters. The molecular weight excluding hydrogens is 480 g/mol. The maximum absolute atomic E-state index is 12.0. The standard InChI is InChI=1S/C26H32N4O7/c1-34-22-10-7-18(14-23(22)35-2)11-12-27-25(32)26(33)30-29-15-19-5-8-20(9-6-19)37-17-24(31)28-16-21-4-3-13-36-21/h5-10,14-15,21H,3-4,11-13,16-17H2,1-2H3,(H,27,32)(H,28,31)(H,30,33)/b29-15-/t21-/m0/s1. The van der Waals surface area contributed by atoms with Gasteiger partial charge < -0.3 is 29.6 Å². The minimum absolute atomic E-state index is 0.0815. The number of nitrogens with one attached hydrogen (secondary N) is 3. The van der Waals surface area contributed by atoms with Crippen molar-refractivity contribution in [3.05, 3.63) is 53.6 Å². The Morgan fingerprint density at radius 1 is 1.03 bits per heavy atom. The maximum Gasteiger partial charge on any atom is 0.329 e. The number of nitrogens with zero attached hydrogens (tertiary/aromatic N) is 1. The molecule has 0 saturated carbocycles. The van der Waals surface area contributed by atoms with E-state index >= 15 is 0 Å². The second kappa shape index (κ2) is 14.4. The fourth-order valence-electron chi connectivity index (χ4n) is 3.54. The summed E-state index contributed by atoms with van der Waals surface area (Å²) in [5.74, 6) is -0.166. The lowest BCUT2D eigenvalue weighted by molar-refractivity contribution is -0.139. The molecule has 2 aromatic rings. The number of hydrogen-bond acceptors (Lipinski definition) is 8. The largest absolute Gasteiger partial charge is 0.493 e. The average molecular weight is 513 g/mol. The third kappa shape index (κ3) is 9.12. The number of benzene rings is 2. The lowest BCUT2D eigenvalue weighted by Gasteiger charge is -2.11. The summed E-state index contributed by atoms with van der Waals surface area (Å²) in [6.07, 6.45) is 3.96. The van der Waals surface area contributed by atoms with Crippen molar-refractivity contribution in [3.63, 3.8) is 0 Å². The van der Waals surface area contributed by atoms with E-state index < -0.39 is 11.8 Å². The molecule has 1 saturated heterocycles. The molecule has 37 heavy (non-hydrogen) atoms. The van der Waals surface area contributed by atoms with Crippen molar-refractivity contribution < 1.29 is 33.3 Å². The Labute approximate surface area is 215 Å². The van der Waals surface area contributed by atoms with E-state index in [1.165, 1.54) is 6.21 Å². The second-order valence-electron chi connectivity index (χ2n) is 8.19. The van der Waals surface area contributed by atoms with Gasteiger partial charge in [-0.1, -0.05) is 6.07 Å². The number of ether oxygens (including phenoxy) is 4. The summed E-state index contributed by atoms with van der Waals surface area (Å²) < 4.78 is 21.4. The third-order valence-corrected chi connectivity index (χ3v) is 5.53. The molecule has 1 heterocycles. The summed E-state index contributed by atoms with van der Waals surface area (Å²) in [5, 5.41) is 9.14. The SMILES string of the molecule is COc1ccc(CCNC(=O)C(=O)N/N=C\c2ccc(OCC(=O)NC[C@@H]3CCCO3)cc2)cc1OC. The average Bonchev–Trinajstić information content (AvgIpc) is 3.45. The van der Waals surface area contributed by atoms with Crippen LogP contribution in [0.1, 0.15) is 24.0 Å². The first-order valence-corrected chi connectivity index (χ1v) is 11.9. The van der Waals surface area contributed by atoms with E-state index in [0.29, 0.717) is 35.8 Å². The molecular formula is C26H32N4O7. The summed E-state index contributed by atoms with van der Waals surface area (Å²) >= 11 is 0. The molecule has 0 aromatic heterocycles. The zero-order valence-corrected chi connectivity index (χ0v) is 21.0. The summed E-state index contributed by atoms with van der Waals surface area (Å²) in [6.45, 7) is 1.39. The van der Waals surface area contributed by atoms with Crippen LogP contribution in [-0.2, 0) is 25.5 Å². The van der Waals surface area contributed by atoms with Crippen molar-refractivity contribution in [1.82, 2.24) is 16.1 Å². The summed E-state index contributed by atoms with van der Waals surface area (Å²) in [7, 11) is 3.10. The van der Waals surface area contributed by atoms with E-state index in [1.807, 2.05) is 12.1 Å². The minimum atomic E-state index is -0.877. The molecule has 198 valence electrons. The number of carbonyl (C=O) groups excluding carboxylic acids is 3. The van der Waals surface area contributed by atoms with Gasteiger partial charge >= 0.3 is 11.8 Å². The predicted octanol–water partition coefficient (Wildman–Crippen LogP) is 1.19. The lowest BCUT2D eigenvalue weighted by atomic mass is 10.1. The maximum atomic E-state index is 12.0. The van der Waals surface area contributed by atoms with Gasteiger partial charge in [0.05, 0.1) is 26.5 Å². The van der Waals surface area contributed by atoms with E-state index in [0.717, 1.165) is 25.0 Å². The molecule has 3 N–H and O–H groups in total. The molecule has 2 aromatic carbocycles. The highest BCUT2D eigenvalue weighted by Gasteiger charge is 2.16. The van der Waals surface area contributed by atoms with Gasteiger partial charge in [0, 0.05) is 19.7 Å². The number of hydrazone groups is 1. The van der Waals surface area contributed by atoms with Crippen LogP contribution in [0.15, 0.2) is 47.6 Å². The molecule has 1 aliphatic heterocycles.